The molecule has 5 nitrogen and oxygen atoms in total. The molecule has 25 heavy (non-hydrogen) atoms. The van der Waals surface area contributed by atoms with Gasteiger partial charge in [0.1, 0.15) is 0 Å². The normalized spacial score (nSPS) is 21.5. The van der Waals surface area contributed by atoms with Gasteiger partial charge in [0.15, 0.2) is 5.78 Å². The summed E-state index contributed by atoms with van der Waals surface area (Å²) in [6.07, 6.45) is 1.82. The summed E-state index contributed by atoms with van der Waals surface area (Å²) in [6, 6.07) is 3.68. The Labute approximate surface area is 147 Å². The molecule has 5 heteroatoms. The van der Waals surface area contributed by atoms with Gasteiger partial charge in [-0.15, -0.1) is 0 Å². The number of Topliss-reactive ketones (excluding diaryl/α,β-unsaturated/α-hetero) is 1. The minimum absolute atomic E-state index is 0.0304. The summed E-state index contributed by atoms with van der Waals surface area (Å²) in [6.45, 7) is 8.03. The molecule has 1 fully saturated rings. The first-order valence-electron chi connectivity index (χ1n) is 9.05. The fourth-order valence-corrected chi connectivity index (χ4v) is 4.29. The van der Waals surface area contributed by atoms with Crippen molar-refractivity contribution in [2.24, 2.45) is 5.92 Å². The fourth-order valence-electron chi connectivity index (χ4n) is 4.29. The summed E-state index contributed by atoms with van der Waals surface area (Å²) in [5, 5.41) is 0.936. The molecule has 0 spiro atoms. The van der Waals surface area contributed by atoms with Gasteiger partial charge in [0.25, 0.3) is 0 Å². The summed E-state index contributed by atoms with van der Waals surface area (Å²) in [5.41, 5.74) is 4.58. The Bertz CT molecular complexity index is 894. The lowest BCUT2D eigenvalue weighted by molar-refractivity contribution is 0.0292. The molecule has 2 heterocycles. The third-order valence-corrected chi connectivity index (χ3v) is 5.56. The second kappa shape index (κ2) is 6.39. The van der Waals surface area contributed by atoms with Crippen LogP contribution in [0.4, 0.5) is 0 Å². The molecule has 1 saturated heterocycles. The SMILES string of the molecule is Cc1cc2c(c3c(C)cc(=O)[nH]c13)C(=O)C(CN1CCOCC1)CC2. The number of ether oxygens (including phenoxy) is 1. The van der Waals surface area contributed by atoms with Gasteiger partial charge in [-0.1, -0.05) is 6.07 Å². The number of hydrogen-bond acceptors (Lipinski definition) is 4. The average molecular weight is 340 g/mol. The van der Waals surface area contributed by atoms with Crippen LogP contribution >= 0.6 is 0 Å². The Morgan fingerprint density at radius 1 is 1.16 bits per heavy atom. The topological polar surface area (TPSA) is 62.4 Å². The molecule has 132 valence electrons. The van der Waals surface area contributed by atoms with Crippen molar-refractivity contribution >= 4 is 16.7 Å². The highest BCUT2D eigenvalue weighted by Gasteiger charge is 2.31. The Hall–Kier alpha value is -1.98. The lowest BCUT2D eigenvalue weighted by Gasteiger charge is -2.32. The maximum atomic E-state index is 13.3. The Morgan fingerprint density at radius 3 is 2.68 bits per heavy atom. The van der Waals surface area contributed by atoms with Crippen molar-refractivity contribution in [3.63, 3.8) is 0 Å². The van der Waals surface area contributed by atoms with E-state index in [4.69, 9.17) is 4.74 Å². The number of nitrogens with one attached hydrogen (secondary N) is 1. The van der Waals surface area contributed by atoms with E-state index in [0.29, 0.717) is 0 Å². The number of ketones is 1. The minimum Gasteiger partial charge on any atom is -0.379 e. The van der Waals surface area contributed by atoms with Gasteiger partial charge in [-0.2, -0.15) is 0 Å². The number of carbonyl (C=O) groups excluding carboxylic acids is 1. The monoisotopic (exact) mass is 340 g/mol. The number of pyridine rings is 1. The number of carbonyl (C=O) groups is 1. The van der Waals surface area contributed by atoms with Crippen LogP contribution in [0.25, 0.3) is 10.9 Å². The molecular formula is C20H24N2O3. The average Bonchev–Trinajstić information content (AvgIpc) is 2.59. The molecule has 0 radical (unpaired) electrons. The Kier molecular flexibility index (Phi) is 4.21. The summed E-state index contributed by atoms with van der Waals surface area (Å²) in [5.74, 6) is 0.260. The lowest BCUT2D eigenvalue weighted by atomic mass is 9.79. The maximum Gasteiger partial charge on any atom is 0.248 e. The third-order valence-electron chi connectivity index (χ3n) is 5.56. The number of rotatable bonds is 2. The zero-order valence-corrected chi connectivity index (χ0v) is 14.9. The summed E-state index contributed by atoms with van der Waals surface area (Å²) >= 11 is 0. The molecule has 2 aliphatic rings. The van der Waals surface area contributed by atoms with E-state index in [1.54, 1.807) is 6.07 Å². The second-order valence-electron chi connectivity index (χ2n) is 7.31. The van der Waals surface area contributed by atoms with E-state index in [0.717, 1.165) is 78.8 Å². The van der Waals surface area contributed by atoms with E-state index in [9.17, 15) is 9.59 Å². The number of fused-ring (bicyclic) bond motifs is 3. The predicted octanol–water partition coefficient (Wildman–Crippen LogP) is 2.22. The number of aryl methyl sites for hydroxylation is 3. The number of aromatic amines is 1. The van der Waals surface area contributed by atoms with Crippen molar-refractivity contribution in [2.45, 2.75) is 26.7 Å². The third kappa shape index (κ3) is 2.92. The van der Waals surface area contributed by atoms with Gasteiger partial charge < -0.3 is 9.72 Å². The number of morpholine rings is 1. The molecule has 1 aromatic carbocycles. The maximum absolute atomic E-state index is 13.3. The van der Waals surface area contributed by atoms with Gasteiger partial charge in [-0.25, -0.2) is 0 Å². The number of aromatic nitrogens is 1. The molecule has 1 aromatic heterocycles. The summed E-state index contributed by atoms with van der Waals surface area (Å²) in [7, 11) is 0. The minimum atomic E-state index is -0.110. The molecular weight excluding hydrogens is 316 g/mol. The smallest absolute Gasteiger partial charge is 0.248 e. The van der Waals surface area contributed by atoms with E-state index in [1.165, 1.54) is 0 Å². The van der Waals surface area contributed by atoms with E-state index in [-0.39, 0.29) is 17.3 Å². The van der Waals surface area contributed by atoms with E-state index in [2.05, 4.69) is 16.0 Å². The fraction of sp³-hybridized carbons (Fsp3) is 0.500. The zero-order valence-electron chi connectivity index (χ0n) is 14.9. The van der Waals surface area contributed by atoms with Crippen molar-refractivity contribution in [2.75, 3.05) is 32.8 Å². The largest absolute Gasteiger partial charge is 0.379 e. The molecule has 2 aromatic rings. The standard InChI is InChI=1S/C20H24N2O3/c1-12-10-16(23)21-19-13(2)9-14-3-4-15(20(24)18(14)17(12)19)11-22-5-7-25-8-6-22/h9-10,15H,3-8,11H2,1-2H3,(H,21,23). The van der Waals surface area contributed by atoms with Gasteiger partial charge in [0.05, 0.1) is 18.7 Å². The second-order valence-corrected chi connectivity index (χ2v) is 7.31. The van der Waals surface area contributed by atoms with E-state index in [1.807, 2.05) is 13.8 Å². The van der Waals surface area contributed by atoms with Gasteiger partial charge >= 0.3 is 0 Å². The van der Waals surface area contributed by atoms with Crippen LogP contribution in [-0.4, -0.2) is 48.5 Å². The molecule has 0 saturated carbocycles. The van der Waals surface area contributed by atoms with Crippen LogP contribution in [-0.2, 0) is 11.2 Å². The van der Waals surface area contributed by atoms with Gasteiger partial charge in [-0.05, 0) is 43.4 Å². The van der Waals surface area contributed by atoms with Crippen LogP contribution in [0, 0.1) is 19.8 Å². The van der Waals surface area contributed by atoms with E-state index < -0.39 is 0 Å². The number of nitrogens with zero attached hydrogens (tertiary/aromatic N) is 1. The Balaban J connectivity index is 1.77. The van der Waals surface area contributed by atoms with Crippen molar-refractivity contribution in [3.05, 3.63) is 44.7 Å². The molecule has 0 amide bonds. The molecule has 1 atom stereocenters. The number of hydrogen-bond donors (Lipinski definition) is 1. The zero-order chi connectivity index (χ0) is 17.6. The predicted molar refractivity (Wildman–Crippen MR) is 97.4 cm³/mol. The van der Waals surface area contributed by atoms with Gasteiger partial charge in [0.2, 0.25) is 5.56 Å². The number of benzene rings is 1. The Morgan fingerprint density at radius 2 is 1.92 bits per heavy atom. The number of H-pyrrole nitrogens is 1. The highest BCUT2D eigenvalue weighted by atomic mass is 16.5. The molecule has 0 bridgehead atoms. The van der Waals surface area contributed by atoms with Crippen molar-refractivity contribution in [3.8, 4) is 0 Å². The molecule has 1 aliphatic carbocycles. The van der Waals surface area contributed by atoms with Gasteiger partial charge in [-0.3, -0.25) is 14.5 Å². The van der Waals surface area contributed by atoms with E-state index >= 15 is 0 Å². The quantitative estimate of drug-likeness (QED) is 0.911. The first kappa shape index (κ1) is 16.5. The highest BCUT2D eigenvalue weighted by molar-refractivity contribution is 6.12. The molecule has 4 rings (SSSR count). The molecule has 1 aliphatic heterocycles. The van der Waals surface area contributed by atoms with Crippen LogP contribution in [0.2, 0.25) is 0 Å². The highest BCUT2D eigenvalue weighted by Crippen LogP contribution is 2.34. The first-order chi connectivity index (χ1) is 12.0. The van der Waals surface area contributed by atoms with Crippen molar-refractivity contribution < 1.29 is 9.53 Å². The van der Waals surface area contributed by atoms with Crippen LogP contribution in [0.3, 0.4) is 0 Å². The van der Waals surface area contributed by atoms with Crippen LogP contribution in [0.5, 0.6) is 0 Å². The molecule has 1 N–H and O–H groups in total. The summed E-state index contributed by atoms with van der Waals surface area (Å²) < 4.78 is 5.41. The van der Waals surface area contributed by atoms with Crippen molar-refractivity contribution in [1.82, 2.24) is 9.88 Å². The van der Waals surface area contributed by atoms with Crippen molar-refractivity contribution in [1.29, 1.82) is 0 Å². The van der Waals surface area contributed by atoms with Crippen LogP contribution in [0.15, 0.2) is 16.9 Å². The summed E-state index contributed by atoms with van der Waals surface area (Å²) in [4.78, 5) is 30.4. The molecule has 1 unspecified atom stereocenters. The first-order valence-corrected chi connectivity index (χ1v) is 9.05. The lowest BCUT2D eigenvalue weighted by Crippen LogP contribution is -2.42. The van der Waals surface area contributed by atoms with Crippen LogP contribution in [0.1, 0.15) is 33.5 Å². The van der Waals surface area contributed by atoms with Gasteiger partial charge in [0, 0.05) is 42.6 Å². The van der Waals surface area contributed by atoms with Crippen LogP contribution < -0.4 is 5.56 Å².